The van der Waals surface area contributed by atoms with Gasteiger partial charge in [0.05, 0.1) is 16.7 Å². The predicted octanol–water partition coefficient (Wildman–Crippen LogP) is 4.07. The van der Waals surface area contributed by atoms with Crippen molar-refractivity contribution < 1.29 is 28.7 Å². The lowest BCUT2D eigenvalue weighted by Gasteiger charge is -2.48. The Morgan fingerprint density at radius 1 is 1.30 bits per heavy atom. The average molecular weight is 650 g/mol. The second-order valence-corrected chi connectivity index (χ2v) is 15.0. The van der Waals surface area contributed by atoms with Gasteiger partial charge in [-0.2, -0.15) is 5.26 Å². The number of ketones is 1. The van der Waals surface area contributed by atoms with E-state index in [9.17, 15) is 19.2 Å². The van der Waals surface area contributed by atoms with Crippen molar-refractivity contribution in [2.24, 2.45) is 17.6 Å². The molecule has 5 atom stereocenters. The minimum Gasteiger partial charge on any atom is -0.458 e. The van der Waals surface area contributed by atoms with Crippen LogP contribution in [0.3, 0.4) is 0 Å². The van der Waals surface area contributed by atoms with E-state index in [1.54, 1.807) is 37.3 Å². The monoisotopic (exact) mass is 648 g/mol. The molecule has 2 N–H and O–H groups in total. The number of amides is 2. The van der Waals surface area contributed by atoms with Crippen LogP contribution < -0.4 is 10.6 Å². The van der Waals surface area contributed by atoms with E-state index in [1.807, 2.05) is 12.3 Å². The van der Waals surface area contributed by atoms with Crippen LogP contribution in [0.1, 0.15) is 26.7 Å². The Hall–Kier alpha value is -1.88. The largest absolute Gasteiger partial charge is 0.458 e. The summed E-state index contributed by atoms with van der Waals surface area (Å²) in [5.41, 5.74) is 4.97. The summed E-state index contributed by atoms with van der Waals surface area (Å²) in [6.07, 6.45) is 0.936. The Bertz CT molecular complexity index is 1230. The highest BCUT2D eigenvalue weighted by molar-refractivity contribution is 8.06. The second kappa shape index (κ2) is 11.8. The number of esters is 1. The van der Waals surface area contributed by atoms with E-state index in [1.165, 1.54) is 4.90 Å². The van der Waals surface area contributed by atoms with E-state index in [-0.39, 0.29) is 17.8 Å². The number of carbonyl (C=O) groups is 4. The van der Waals surface area contributed by atoms with Crippen molar-refractivity contribution in [3.8, 4) is 5.40 Å². The maximum Gasteiger partial charge on any atom is 0.414 e. The molecule has 3 aliphatic rings. The number of fused-ring (bicyclic) bond motifs is 1. The molecule has 40 heavy (non-hydrogen) atoms. The van der Waals surface area contributed by atoms with Gasteiger partial charge >= 0.3 is 12.1 Å². The van der Waals surface area contributed by atoms with Gasteiger partial charge in [-0.25, -0.2) is 9.59 Å². The summed E-state index contributed by atoms with van der Waals surface area (Å²) in [5.74, 6) is -3.14. The third-order valence-electron chi connectivity index (χ3n) is 7.22. The van der Waals surface area contributed by atoms with Crippen LogP contribution in [-0.2, 0) is 23.9 Å². The number of benzene rings is 1. The van der Waals surface area contributed by atoms with Crippen molar-refractivity contribution in [2.45, 2.75) is 52.4 Å². The molecule has 0 bridgehead atoms. The molecule has 0 spiro atoms. The third-order valence-corrected chi connectivity index (χ3v) is 10.3. The Morgan fingerprint density at radius 3 is 2.52 bits per heavy atom. The summed E-state index contributed by atoms with van der Waals surface area (Å²) in [7, 11) is 0. The zero-order chi connectivity index (χ0) is 29.5. The Labute approximate surface area is 255 Å². The number of nitriles is 1. The lowest BCUT2D eigenvalue weighted by Crippen LogP contribution is -2.77. The number of carbonyl (C=O) groups excluding carboxylic acids is 4. The van der Waals surface area contributed by atoms with Crippen molar-refractivity contribution in [1.82, 2.24) is 4.90 Å². The normalized spacial score (nSPS) is 28.1. The molecule has 1 saturated carbocycles. The van der Waals surface area contributed by atoms with Gasteiger partial charge < -0.3 is 9.47 Å². The van der Waals surface area contributed by atoms with Gasteiger partial charge in [-0.15, -0.1) is 11.8 Å². The number of nitrogens with zero attached hydrogens (tertiary/aromatic N) is 3. The van der Waals surface area contributed by atoms with Crippen molar-refractivity contribution >= 4 is 87.8 Å². The molecular formula is C25H27Cl3N4O6S2. The summed E-state index contributed by atoms with van der Waals surface area (Å²) in [6.45, 7) is 2.37. The van der Waals surface area contributed by atoms with Gasteiger partial charge in [0.15, 0.2) is 5.78 Å². The molecule has 2 aliphatic heterocycles. The van der Waals surface area contributed by atoms with Crippen molar-refractivity contribution in [3.05, 3.63) is 30.3 Å². The maximum absolute atomic E-state index is 13.6. The van der Waals surface area contributed by atoms with Gasteiger partial charge in [0.2, 0.25) is 15.4 Å². The first-order valence-corrected chi connectivity index (χ1v) is 15.3. The molecule has 4 rings (SSSR count). The van der Waals surface area contributed by atoms with E-state index in [4.69, 9.17) is 55.3 Å². The van der Waals surface area contributed by atoms with Gasteiger partial charge in [0, 0.05) is 11.4 Å². The van der Waals surface area contributed by atoms with E-state index >= 15 is 0 Å². The van der Waals surface area contributed by atoms with Gasteiger partial charge in [0.25, 0.3) is 0 Å². The number of β-lactam (4-membered cyclic amide) rings is 1. The van der Waals surface area contributed by atoms with Gasteiger partial charge in [-0.05, 0) is 56.5 Å². The Morgan fingerprint density at radius 2 is 1.95 bits per heavy atom. The van der Waals surface area contributed by atoms with Crippen LogP contribution in [0.15, 0.2) is 30.3 Å². The van der Waals surface area contributed by atoms with Gasteiger partial charge in [0.1, 0.15) is 24.0 Å². The number of hydrogen-bond acceptors (Lipinski definition) is 10. The summed E-state index contributed by atoms with van der Waals surface area (Å²) < 4.78 is 7.64. The highest BCUT2D eigenvalue weighted by Gasteiger charge is 2.74. The number of alkyl halides is 3. The van der Waals surface area contributed by atoms with Crippen LogP contribution in [0.5, 0.6) is 0 Å². The van der Waals surface area contributed by atoms with Crippen LogP contribution >= 0.6 is 58.3 Å². The van der Waals surface area contributed by atoms with Crippen molar-refractivity contribution in [1.29, 1.82) is 5.26 Å². The van der Waals surface area contributed by atoms with E-state index < -0.39 is 62.4 Å². The number of nitrogens with two attached hydrogens (primary N) is 1. The number of para-hydroxylation sites is 1. The fourth-order valence-electron chi connectivity index (χ4n) is 4.76. The lowest BCUT2D eigenvalue weighted by molar-refractivity contribution is -0.178. The van der Waals surface area contributed by atoms with Crippen LogP contribution in [0.4, 0.5) is 10.5 Å². The average Bonchev–Trinajstić information content (AvgIpc) is 3.72. The van der Waals surface area contributed by atoms with Gasteiger partial charge in [-0.1, -0.05) is 53.0 Å². The highest BCUT2D eigenvalue weighted by Crippen LogP contribution is 2.58. The first-order valence-electron chi connectivity index (χ1n) is 12.3. The number of Topliss-reactive ketones (excluding diaryl/α,β-unsaturated/α-hetero) is 1. The molecule has 3 fully saturated rings. The summed E-state index contributed by atoms with van der Waals surface area (Å²) in [6, 6.07) is 8.54. The predicted molar refractivity (Wildman–Crippen MR) is 154 cm³/mol. The first kappa shape index (κ1) is 31.1. The molecular weight excluding hydrogens is 623 g/mol. The SMILES string of the molecule is CC(OC(=O)N(CC(=O)C1C(=O)N2[C@@H]1SC(C)(CSC#N)C2(N)C(=O)OCC(Cl)(Cl)Cl)c1ccccc1)C1CC1. The van der Waals surface area contributed by atoms with Crippen LogP contribution in [0.2, 0.25) is 0 Å². The first-order chi connectivity index (χ1) is 18.7. The summed E-state index contributed by atoms with van der Waals surface area (Å²) in [4.78, 5) is 55.7. The zero-order valence-corrected chi connectivity index (χ0v) is 25.5. The number of thioether (sulfide) groups is 2. The molecule has 2 saturated heterocycles. The number of rotatable bonds is 10. The topological polar surface area (TPSA) is 143 Å². The van der Waals surface area contributed by atoms with Crippen LogP contribution in [-0.4, -0.2) is 73.2 Å². The van der Waals surface area contributed by atoms with Crippen molar-refractivity contribution in [2.75, 3.05) is 23.8 Å². The fourth-order valence-corrected chi connectivity index (χ4v) is 7.61. The number of ether oxygens (including phenoxy) is 2. The quantitative estimate of drug-likeness (QED) is 0.130. The molecule has 10 nitrogen and oxygen atoms in total. The summed E-state index contributed by atoms with van der Waals surface area (Å²) in [5, 5.41) is 10.3. The summed E-state index contributed by atoms with van der Waals surface area (Å²) >= 11 is 19.1. The second-order valence-electron chi connectivity index (χ2n) is 10.1. The third kappa shape index (κ3) is 6.01. The molecule has 1 aromatic rings. The lowest BCUT2D eigenvalue weighted by atomic mass is 9.84. The molecule has 4 unspecified atom stereocenters. The molecule has 2 heterocycles. The van der Waals surface area contributed by atoms with Gasteiger partial charge in [-0.3, -0.25) is 25.1 Å². The minimum atomic E-state index is -2.05. The molecule has 216 valence electrons. The highest BCUT2D eigenvalue weighted by atomic mass is 35.6. The Kier molecular flexibility index (Phi) is 9.15. The smallest absolute Gasteiger partial charge is 0.414 e. The van der Waals surface area contributed by atoms with Crippen LogP contribution in [0.25, 0.3) is 0 Å². The molecule has 2 amide bonds. The minimum absolute atomic E-state index is 0.0379. The fraction of sp³-hybridized carbons (Fsp3) is 0.560. The van der Waals surface area contributed by atoms with E-state index in [0.29, 0.717) is 5.69 Å². The molecule has 1 aromatic carbocycles. The maximum atomic E-state index is 13.6. The van der Waals surface area contributed by atoms with Crippen LogP contribution in [0, 0.1) is 22.5 Å². The standard InChI is InChI=1S/C25H27Cl3N4O6S2/c1-14(15-8-9-15)38-22(36)31(16-6-4-3-5-7-16)10-17(33)18-19(34)32-20(18)40-23(2,12-39-13-29)25(32,30)21(35)37-11-24(26,27)28/h3-7,14-15,18,20H,8-12,30H2,1-2H3/t14?,18?,20-,23?,25?/m1/s1. The number of anilines is 1. The molecule has 15 heteroatoms. The number of halogens is 3. The molecule has 1 aliphatic carbocycles. The molecule has 0 aromatic heterocycles. The number of hydrogen-bond donors (Lipinski definition) is 1. The van der Waals surface area contributed by atoms with E-state index in [0.717, 1.165) is 41.3 Å². The number of thiocyanates is 1. The van der Waals surface area contributed by atoms with E-state index in [2.05, 4.69) is 0 Å². The molecule has 0 radical (unpaired) electrons. The Balaban J connectivity index is 1.56. The zero-order valence-electron chi connectivity index (χ0n) is 21.6. The van der Waals surface area contributed by atoms with Crippen molar-refractivity contribution in [3.63, 3.8) is 0 Å².